The molecule has 1 heterocycles. The zero-order valence-electron chi connectivity index (χ0n) is 11.0. The summed E-state index contributed by atoms with van der Waals surface area (Å²) in [5.41, 5.74) is -0.309. The summed E-state index contributed by atoms with van der Waals surface area (Å²) in [6.45, 7) is 1.63. The number of halogens is 4. The number of ether oxygens (including phenoxy) is 1. The molecule has 0 aliphatic carbocycles. The zero-order chi connectivity index (χ0) is 14.6. The average Bonchev–Trinajstić information content (AvgIpc) is 2.45. The van der Waals surface area contributed by atoms with Gasteiger partial charge in [-0.1, -0.05) is 12.1 Å². The molecule has 1 saturated heterocycles. The van der Waals surface area contributed by atoms with Gasteiger partial charge in [-0.25, -0.2) is 0 Å². The summed E-state index contributed by atoms with van der Waals surface area (Å²) in [6.07, 6.45) is -2.77. The standard InChI is InChI=1S/C14H17ClF3NO/c15-7-10-20-11-5-8-19(9-6-11)13-4-2-1-3-12(13)14(16,17)18/h1-4,11H,5-10H2. The number of nitrogens with zero attached hydrogens (tertiary/aromatic N) is 1. The first-order chi connectivity index (χ1) is 9.52. The van der Waals surface area contributed by atoms with Gasteiger partial charge in [0.1, 0.15) is 0 Å². The lowest BCUT2D eigenvalue weighted by Gasteiger charge is -2.34. The highest BCUT2D eigenvalue weighted by Gasteiger charge is 2.35. The van der Waals surface area contributed by atoms with Crippen LogP contribution in [0.2, 0.25) is 0 Å². The second-order valence-electron chi connectivity index (χ2n) is 4.76. The van der Waals surface area contributed by atoms with Crippen LogP contribution < -0.4 is 4.90 Å². The molecule has 0 atom stereocenters. The topological polar surface area (TPSA) is 12.5 Å². The molecule has 112 valence electrons. The molecule has 0 amide bonds. The van der Waals surface area contributed by atoms with E-state index in [1.54, 1.807) is 11.0 Å². The molecule has 0 bridgehead atoms. The highest BCUT2D eigenvalue weighted by Crippen LogP contribution is 2.37. The van der Waals surface area contributed by atoms with Gasteiger partial charge in [0.15, 0.2) is 0 Å². The minimum absolute atomic E-state index is 0.100. The van der Waals surface area contributed by atoms with Crippen LogP contribution in [0.3, 0.4) is 0 Å². The van der Waals surface area contributed by atoms with Gasteiger partial charge in [0.05, 0.1) is 18.3 Å². The fourth-order valence-electron chi connectivity index (χ4n) is 2.46. The van der Waals surface area contributed by atoms with Crippen molar-refractivity contribution in [3.05, 3.63) is 29.8 Å². The van der Waals surface area contributed by atoms with Crippen molar-refractivity contribution >= 4 is 17.3 Å². The van der Waals surface area contributed by atoms with E-state index in [9.17, 15) is 13.2 Å². The maximum Gasteiger partial charge on any atom is 0.418 e. The summed E-state index contributed by atoms with van der Waals surface area (Å²) in [5, 5.41) is 0. The molecule has 2 rings (SSSR count). The molecule has 0 N–H and O–H groups in total. The number of benzene rings is 1. The molecule has 1 aliphatic heterocycles. The van der Waals surface area contributed by atoms with Crippen LogP contribution in [0.15, 0.2) is 24.3 Å². The van der Waals surface area contributed by atoms with Crippen molar-refractivity contribution in [3.8, 4) is 0 Å². The summed E-state index contributed by atoms with van der Waals surface area (Å²) in [7, 11) is 0. The predicted molar refractivity (Wildman–Crippen MR) is 73.4 cm³/mol. The Labute approximate surface area is 121 Å². The number of hydrogen-bond acceptors (Lipinski definition) is 2. The summed E-state index contributed by atoms with van der Waals surface area (Å²) in [5.74, 6) is 0.442. The van der Waals surface area contributed by atoms with Gasteiger partial charge >= 0.3 is 6.18 Å². The van der Waals surface area contributed by atoms with Crippen molar-refractivity contribution in [1.29, 1.82) is 0 Å². The molecular formula is C14H17ClF3NO. The third-order valence-corrected chi connectivity index (χ3v) is 3.58. The maximum atomic E-state index is 13.0. The molecule has 1 aromatic rings. The van der Waals surface area contributed by atoms with Crippen LogP contribution in [-0.2, 0) is 10.9 Å². The fourth-order valence-corrected chi connectivity index (χ4v) is 2.55. The van der Waals surface area contributed by atoms with Crippen LogP contribution in [0.25, 0.3) is 0 Å². The van der Waals surface area contributed by atoms with E-state index < -0.39 is 11.7 Å². The van der Waals surface area contributed by atoms with Crippen molar-refractivity contribution in [2.75, 3.05) is 30.5 Å². The molecule has 0 radical (unpaired) electrons. The first kappa shape index (κ1) is 15.4. The second kappa shape index (κ2) is 6.68. The van der Waals surface area contributed by atoms with E-state index in [1.165, 1.54) is 12.1 Å². The first-order valence-electron chi connectivity index (χ1n) is 6.61. The van der Waals surface area contributed by atoms with Gasteiger partial charge in [-0.3, -0.25) is 0 Å². The smallest absolute Gasteiger partial charge is 0.377 e. The van der Waals surface area contributed by atoms with Crippen molar-refractivity contribution in [2.45, 2.75) is 25.1 Å². The first-order valence-corrected chi connectivity index (χ1v) is 7.14. The maximum absolute atomic E-state index is 13.0. The minimum Gasteiger partial charge on any atom is -0.377 e. The summed E-state index contributed by atoms with van der Waals surface area (Å²) >= 11 is 5.56. The van der Waals surface area contributed by atoms with E-state index >= 15 is 0 Å². The van der Waals surface area contributed by atoms with Crippen LogP contribution in [0.1, 0.15) is 18.4 Å². The van der Waals surface area contributed by atoms with Crippen LogP contribution in [-0.4, -0.2) is 31.7 Å². The molecule has 1 fully saturated rings. The van der Waals surface area contributed by atoms with Crippen LogP contribution in [0, 0.1) is 0 Å². The number of alkyl halides is 4. The molecule has 20 heavy (non-hydrogen) atoms. The van der Waals surface area contributed by atoms with Crippen molar-refractivity contribution in [2.24, 2.45) is 0 Å². The molecule has 0 spiro atoms. The monoisotopic (exact) mass is 307 g/mol. The van der Waals surface area contributed by atoms with E-state index in [2.05, 4.69) is 0 Å². The third kappa shape index (κ3) is 3.79. The number of rotatable bonds is 4. The van der Waals surface area contributed by atoms with E-state index in [0.717, 1.165) is 18.9 Å². The van der Waals surface area contributed by atoms with Gasteiger partial charge in [-0.2, -0.15) is 13.2 Å². The lowest BCUT2D eigenvalue weighted by molar-refractivity contribution is -0.137. The quantitative estimate of drug-likeness (QED) is 0.782. The SMILES string of the molecule is FC(F)(F)c1ccccc1N1CCC(OCCCl)CC1. The number of piperidine rings is 1. The molecule has 6 heteroatoms. The minimum atomic E-state index is -4.32. The van der Waals surface area contributed by atoms with Crippen LogP contribution in [0.4, 0.5) is 18.9 Å². The zero-order valence-corrected chi connectivity index (χ0v) is 11.8. The van der Waals surface area contributed by atoms with Gasteiger partial charge in [0, 0.05) is 24.7 Å². The Morgan fingerprint density at radius 2 is 1.85 bits per heavy atom. The number of para-hydroxylation sites is 1. The van der Waals surface area contributed by atoms with Crippen molar-refractivity contribution in [1.82, 2.24) is 0 Å². The third-order valence-electron chi connectivity index (χ3n) is 3.42. The normalized spacial score (nSPS) is 17.5. The lowest BCUT2D eigenvalue weighted by atomic mass is 10.0. The Balaban J connectivity index is 2.04. The Morgan fingerprint density at radius 1 is 1.20 bits per heavy atom. The van der Waals surface area contributed by atoms with E-state index in [4.69, 9.17) is 16.3 Å². The largest absolute Gasteiger partial charge is 0.418 e. The van der Waals surface area contributed by atoms with Crippen molar-refractivity contribution < 1.29 is 17.9 Å². The summed E-state index contributed by atoms with van der Waals surface area (Å²) < 4.78 is 44.5. The Bertz CT molecular complexity index is 431. The van der Waals surface area contributed by atoms with E-state index in [-0.39, 0.29) is 11.8 Å². The highest BCUT2D eigenvalue weighted by atomic mass is 35.5. The van der Waals surface area contributed by atoms with Crippen LogP contribution >= 0.6 is 11.6 Å². The molecule has 0 saturated carbocycles. The number of hydrogen-bond donors (Lipinski definition) is 0. The van der Waals surface area contributed by atoms with Gasteiger partial charge in [-0.15, -0.1) is 11.6 Å². The average molecular weight is 308 g/mol. The van der Waals surface area contributed by atoms with E-state index in [0.29, 0.717) is 25.6 Å². The Hall–Kier alpha value is -0.940. The van der Waals surface area contributed by atoms with Crippen molar-refractivity contribution in [3.63, 3.8) is 0 Å². The van der Waals surface area contributed by atoms with Gasteiger partial charge in [-0.05, 0) is 25.0 Å². The molecule has 0 aromatic heterocycles. The molecule has 0 unspecified atom stereocenters. The van der Waals surface area contributed by atoms with Gasteiger partial charge < -0.3 is 9.64 Å². The van der Waals surface area contributed by atoms with Gasteiger partial charge in [0.2, 0.25) is 0 Å². The summed E-state index contributed by atoms with van der Waals surface area (Å²) in [6, 6.07) is 5.72. The molecule has 1 aromatic carbocycles. The Kier molecular flexibility index (Phi) is 5.16. The fraction of sp³-hybridized carbons (Fsp3) is 0.571. The molecule has 2 nitrogen and oxygen atoms in total. The number of anilines is 1. The predicted octanol–water partition coefficient (Wildman–Crippen LogP) is 3.93. The van der Waals surface area contributed by atoms with E-state index in [1.807, 2.05) is 0 Å². The second-order valence-corrected chi connectivity index (χ2v) is 5.14. The molecule has 1 aliphatic rings. The molecular weight excluding hydrogens is 291 g/mol. The Morgan fingerprint density at radius 3 is 2.45 bits per heavy atom. The van der Waals surface area contributed by atoms with Gasteiger partial charge in [0.25, 0.3) is 0 Å². The highest BCUT2D eigenvalue weighted by molar-refractivity contribution is 6.17. The summed E-state index contributed by atoms with van der Waals surface area (Å²) in [4.78, 5) is 1.78. The lowest BCUT2D eigenvalue weighted by Crippen LogP contribution is -2.38. The van der Waals surface area contributed by atoms with Crippen LogP contribution in [0.5, 0.6) is 0 Å².